The molecule has 6 nitrogen and oxygen atoms in total. The molecule has 0 fully saturated rings. The van der Waals surface area contributed by atoms with Crippen LogP contribution in [0.3, 0.4) is 0 Å². The van der Waals surface area contributed by atoms with Gasteiger partial charge in [0.25, 0.3) is 0 Å². The van der Waals surface area contributed by atoms with Crippen LogP contribution in [-0.2, 0) is 12.8 Å². The van der Waals surface area contributed by atoms with E-state index in [4.69, 9.17) is 43.2 Å². The van der Waals surface area contributed by atoms with Gasteiger partial charge in [0.05, 0.1) is 23.3 Å². The van der Waals surface area contributed by atoms with Gasteiger partial charge in [0.2, 0.25) is 0 Å². The summed E-state index contributed by atoms with van der Waals surface area (Å²) in [6.07, 6.45) is 6.98. The third kappa shape index (κ3) is 10.5. The first-order valence-electron chi connectivity index (χ1n) is 13.5. The normalized spacial score (nSPS) is 9.76. The van der Waals surface area contributed by atoms with Crippen LogP contribution in [0.2, 0.25) is 10.0 Å². The van der Waals surface area contributed by atoms with Crippen LogP contribution < -0.4 is 9.47 Å². The summed E-state index contributed by atoms with van der Waals surface area (Å²) in [5.41, 5.74) is 4.30. The van der Waals surface area contributed by atoms with E-state index in [0.717, 1.165) is 54.9 Å². The fraction of sp³-hybridized carbons (Fsp3) is 0.235. The molecule has 0 amide bonds. The number of ether oxygens (including phenoxy) is 2. The van der Waals surface area contributed by atoms with E-state index in [1.807, 2.05) is 54.6 Å². The third-order valence-electron chi connectivity index (χ3n) is 5.73. The van der Waals surface area contributed by atoms with Crippen molar-refractivity contribution < 1.29 is 9.47 Å². The molecule has 0 N–H and O–H groups in total. The summed E-state index contributed by atoms with van der Waals surface area (Å²) in [5.74, 6) is 7.73. The van der Waals surface area contributed by atoms with Gasteiger partial charge in [0.15, 0.2) is 11.4 Å². The Hall–Kier alpha value is -4.54. The first-order valence-corrected chi connectivity index (χ1v) is 14.3. The predicted octanol–water partition coefficient (Wildman–Crippen LogP) is 7.98. The molecular weight excluding hydrogens is 567 g/mol. The second-order valence-corrected chi connectivity index (χ2v) is 9.88. The lowest BCUT2D eigenvalue weighted by atomic mass is 10.1. The van der Waals surface area contributed by atoms with Gasteiger partial charge in [-0.15, -0.1) is 0 Å². The molecular formula is C34H30Cl2N4O2. The van der Waals surface area contributed by atoms with Crippen LogP contribution in [0.15, 0.2) is 73.1 Å². The van der Waals surface area contributed by atoms with E-state index in [-0.39, 0.29) is 11.4 Å². The Morgan fingerprint density at radius 3 is 1.67 bits per heavy atom. The lowest BCUT2D eigenvalue weighted by Crippen LogP contribution is -1.96. The molecule has 0 saturated carbocycles. The Morgan fingerprint density at radius 2 is 1.14 bits per heavy atom. The van der Waals surface area contributed by atoms with E-state index in [0.29, 0.717) is 22.2 Å². The summed E-state index contributed by atoms with van der Waals surface area (Å²) < 4.78 is 11.1. The second kappa shape index (κ2) is 17.3. The highest BCUT2D eigenvalue weighted by Gasteiger charge is 2.04. The van der Waals surface area contributed by atoms with Crippen LogP contribution in [0.5, 0.6) is 11.5 Å². The van der Waals surface area contributed by atoms with Crippen molar-refractivity contribution in [2.24, 2.45) is 0 Å². The number of nitrogens with zero attached hydrogens (tertiary/aromatic N) is 4. The minimum Gasteiger partial charge on any atom is -0.494 e. The summed E-state index contributed by atoms with van der Waals surface area (Å²) in [6, 6.07) is 23.0. The Bertz CT molecular complexity index is 1600. The van der Waals surface area contributed by atoms with E-state index >= 15 is 0 Å². The van der Waals surface area contributed by atoms with Crippen LogP contribution in [0.4, 0.5) is 0 Å². The first-order chi connectivity index (χ1) is 20.4. The number of rotatable bonds is 9. The van der Waals surface area contributed by atoms with Gasteiger partial charge >= 0.3 is 0 Å². The molecule has 0 aliphatic heterocycles. The molecule has 0 spiro atoms. The van der Waals surface area contributed by atoms with Gasteiger partial charge in [-0.2, -0.15) is 10.5 Å². The number of hydrogen-bond acceptors (Lipinski definition) is 6. The summed E-state index contributed by atoms with van der Waals surface area (Å²) >= 11 is 11.9. The van der Waals surface area contributed by atoms with Crippen molar-refractivity contribution >= 4 is 23.2 Å². The number of hydrogen-bond donors (Lipinski definition) is 0. The molecule has 4 aromatic rings. The van der Waals surface area contributed by atoms with Gasteiger partial charge in [-0.1, -0.05) is 61.0 Å². The highest BCUT2D eigenvalue weighted by Crippen LogP contribution is 2.18. The van der Waals surface area contributed by atoms with Crippen molar-refractivity contribution in [2.45, 2.75) is 39.5 Å². The molecule has 0 aliphatic rings. The first kappa shape index (κ1) is 32.0. The average Bonchev–Trinajstić information content (AvgIpc) is 3.02. The molecule has 0 bridgehead atoms. The van der Waals surface area contributed by atoms with Crippen molar-refractivity contribution in [3.05, 3.63) is 117 Å². The third-order valence-corrected chi connectivity index (χ3v) is 6.30. The zero-order valence-corrected chi connectivity index (χ0v) is 25.0. The molecule has 0 atom stereocenters. The smallest absolute Gasteiger partial charge is 0.159 e. The van der Waals surface area contributed by atoms with E-state index in [1.165, 1.54) is 11.8 Å². The molecule has 8 heteroatoms. The monoisotopic (exact) mass is 596 g/mol. The molecule has 2 aromatic heterocycles. The van der Waals surface area contributed by atoms with E-state index in [9.17, 15) is 0 Å². The molecule has 42 heavy (non-hydrogen) atoms. The van der Waals surface area contributed by atoms with Crippen molar-refractivity contribution in [2.75, 3.05) is 13.2 Å². The fourth-order valence-electron chi connectivity index (χ4n) is 3.54. The number of halogens is 2. The molecule has 2 heterocycles. The topological polar surface area (TPSA) is 91.8 Å². The maximum atomic E-state index is 8.80. The zero-order valence-electron chi connectivity index (χ0n) is 23.5. The van der Waals surface area contributed by atoms with E-state index < -0.39 is 0 Å². The van der Waals surface area contributed by atoms with Gasteiger partial charge in [-0.3, -0.25) is 0 Å². The van der Waals surface area contributed by atoms with Crippen molar-refractivity contribution in [1.82, 2.24) is 9.97 Å². The molecule has 2 aromatic carbocycles. The predicted molar refractivity (Wildman–Crippen MR) is 166 cm³/mol. The van der Waals surface area contributed by atoms with Crippen molar-refractivity contribution in [3.63, 3.8) is 0 Å². The SMILES string of the molecule is CCCOc1ccc(C#Cc2cnc(C#N)c(Cl)c2)cc1.CCCOc1ccc(CCc2cnc(C#N)c(Cl)c2)cc1. The fourth-order valence-corrected chi connectivity index (χ4v) is 3.98. The average molecular weight is 598 g/mol. The van der Waals surface area contributed by atoms with Crippen LogP contribution in [0, 0.1) is 34.5 Å². The van der Waals surface area contributed by atoms with E-state index in [1.54, 1.807) is 12.3 Å². The minimum atomic E-state index is 0.208. The van der Waals surface area contributed by atoms with Crippen molar-refractivity contribution in [1.29, 1.82) is 10.5 Å². The van der Waals surface area contributed by atoms with E-state index in [2.05, 4.69) is 47.8 Å². The Labute approximate surface area is 257 Å². The lowest BCUT2D eigenvalue weighted by Gasteiger charge is -2.06. The van der Waals surface area contributed by atoms with Gasteiger partial charge in [0, 0.05) is 23.5 Å². The number of benzene rings is 2. The standard InChI is InChI=1S/C17H17ClN2O.C17H13ClN2O/c2*1-2-9-21-15-7-5-13(6-8-15)3-4-14-10-16(18)17(11-19)20-12-14/h5-8,10,12H,2-4,9H2,1H3;5-8,10,12H,2,9H2,1H3. The molecule has 0 aliphatic carbocycles. The van der Waals surface area contributed by atoms with Gasteiger partial charge in [-0.05, 0) is 85.3 Å². The number of nitriles is 2. The zero-order chi connectivity index (χ0) is 30.2. The van der Waals surface area contributed by atoms with Gasteiger partial charge in [-0.25, -0.2) is 9.97 Å². The number of aryl methyl sites for hydroxylation is 2. The maximum absolute atomic E-state index is 8.80. The number of aromatic nitrogens is 2. The largest absolute Gasteiger partial charge is 0.494 e. The highest BCUT2D eigenvalue weighted by atomic mass is 35.5. The summed E-state index contributed by atoms with van der Waals surface area (Å²) in [4.78, 5) is 7.99. The number of pyridine rings is 2. The quantitative estimate of drug-likeness (QED) is 0.182. The van der Waals surface area contributed by atoms with Crippen LogP contribution >= 0.6 is 23.2 Å². The Morgan fingerprint density at radius 1 is 0.643 bits per heavy atom. The highest BCUT2D eigenvalue weighted by molar-refractivity contribution is 6.31. The molecule has 0 unspecified atom stereocenters. The van der Waals surface area contributed by atoms with Crippen molar-refractivity contribution in [3.8, 4) is 35.5 Å². The second-order valence-electron chi connectivity index (χ2n) is 9.07. The van der Waals surface area contributed by atoms with Crippen LogP contribution in [0.1, 0.15) is 60.3 Å². The Balaban J connectivity index is 0.000000230. The minimum absolute atomic E-state index is 0.208. The van der Waals surface area contributed by atoms with Gasteiger partial charge < -0.3 is 9.47 Å². The molecule has 0 saturated heterocycles. The molecule has 0 radical (unpaired) electrons. The van der Waals surface area contributed by atoms with Crippen LogP contribution in [0.25, 0.3) is 0 Å². The summed E-state index contributed by atoms with van der Waals surface area (Å²) in [7, 11) is 0. The maximum Gasteiger partial charge on any atom is 0.159 e. The van der Waals surface area contributed by atoms with Crippen LogP contribution in [-0.4, -0.2) is 23.2 Å². The molecule has 4 rings (SSSR count). The van der Waals surface area contributed by atoms with Gasteiger partial charge in [0.1, 0.15) is 23.6 Å². The Kier molecular flexibility index (Phi) is 13.2. The molecule has 212 valence electrons. The summed E-state index contributed by atoms with van der Waals surface area (Å²) in [6.45, 7) is 5.61. The lowest BCUT2D eigenvalue weighted by molar-refractivity contribution is 0.317. The summed E-state index contributed by atoms with van der Waals surface area (Å²) in [5, 5.41) is 18.3.